The van der Waals surface area contributed by atoms with Gasteiger partial charge >= 0.3 is 0 Å². The third kappa shape index (κ3) is 11.5. The van der Waals surface area contributed by atoms with Crippen LogP contribution in [-0.2, 0) is 0 Å². The molecular weight excluding hydrogens is 312 g/mol. The van der Waals surface area contributed by atoms with Crippen molar-refractivity contribution in [1.29, 1.82) is 0 Å². The van der Waals surface area contributed by atoms with Crippen molar-refractivity contribution < 1.29 is 0 Å². The van der Waals surface area contributed by atoms with E-state index < -0.39 is 0 Å². The number of aryl methyl sites for hydroxylation is 3. The second-order valence-electron chi connectivity index (χ2n) is 4.93. The van der Waals surface area contributed by atoms with Crippen molar-refractivity contribution in [2.75, 3.05) is 0 Å². The van der Waals surface area contributed by atoms with Crippen LogP contribution < -0.4 is 0 Å². The van der Waals surface area contributed by atoms with Crippen LogP contribution in [0.3, 0.4) is 0 Å². The fourth-order valence-corrected chi connectivity index (χ4v) is 2.02. The fraction of sp³-hybridized carbons (Fsp3) is 0.385. The molecule has 0 heterocycles. The van der Waals surface area contributed by atoms with E-state index in [1.54, 1.807) is 0 Å². The average Bonchev–Trinajstić information content (AvgIpc) is 2.54. The van der Waals surface area contributed by atoms with Crippen LogP contribution in [0.4, 0.5) is 0 Å². The molecule has 150 valence electrons. The zero-order valence-electron chi connectivity index (χ0n) is 13.9. The average molecular weight is 359 g/mol. The Morgan fingerprint density at radius 2 is 0.808 bits per heavy atom. The van der Waals surface area contributed by atoms with Gasteiger partial charge in [-0.05, 0) is 42.7 Å². The predicted octanol–water partition coefficient (Wildman–Crippen LogP) is 9.66. The summed E-state index contributed by atoms with van der Waals surface area (Å²) in [5.41, 5.74) is 4.11. The highest BCUT2D eigenvalue weighted by Crippen LogP contribution is 2.11. The highest BCUT2D eigenvalue weighted by Gasteiger charge is 1.89. The Bertz CT molecular complexity index is 600. The molecule has 0 saturated carbocycles. The van der Waals surface area contributed by atoms with Crippen molar-refractivity contribution in [3.8, 4) is 0 Å². The third-order valence-electron chi connectivity index (χ3n) is 3.32. The molecule has 3 rings (SSSR count). The van der Waals surface area contributed by atoms with Gasteiger partial charge in [0.2, 0.25) is 0 Å². The van der Waals surface area contributed by atoms with Crippen molar-refractivity contribution in [1.82, 2.24) is 0 Å². The topological polar surface area (TPSA) is 0 Å². The molecule has 0 amide bonds. The maximum absolute atomic E-state index is 2.20. The summed E-state index contributed by atoms with van der Waals surface area (Å²) in [5, 5.41) is 2.62. The minimum absolute atomic E-state index is 0. The van der Waals surface area contributed by atoms with E-state index in [1.807, 2.05) is 13.8 Å². The number of benzene rings is 3. The van der Waals surface area contributed by atoms with Crippen LogP contribution in [0.2, 0.25) is 0 Å². The Hall–Kier alpha value is -2.08. The predicted molar refractivity (Wildman–Crippen MR) is 130 cm³/mol. The molecule has 0 saturated heterocycles. The van der Waals surface area contributed by atoms with Crippen molar-refractivity contribution >= 4 is 10.8 Å². The van der Waals surface area contributed by atoms with Crippen molar-refractivity contribution in [2.45, 2.75) is 71.8 Å². The van der Waals surface area contributed by atoms with Gasteiger partial charge in [-0.1, -0.05) is 123 Å². The molecule has 0 N–H and O–H groups in total. The smallest absolute Gasteiger partial charge is 0.0184 e. The van der Waals surface area contributed by atoms with Gasteiger partial charge in [-0.15, -0.1) is 0 Å². The van der Waals surface area contributed by atoms with Crippen LogP contribution in [0, 0.1) is 20.8 Å². The molecule has 0 spiro atoms. The van der Waals surface area contributed by atoms with E-state index >= 15 is 0 Å². The maximum atomic E-state index is 2.20. The lowest BCUT2D eigenvalue weighted by molar-refractivity contribution is 1.30. The van der Waals surface area contributed by atoms with Crippen LogP contribution in [0.5, 0.6) is 0 Å². The Morgan fingerprint density at radius 1 is 0.462 bits per heavy atom. The zero-order valence-corrected chi connectivity index (χ0v) is 13.9. The van der Waals surface area contributed by atoms with Crippen LogP contribution in [-0.4, -0.2) is 0 Å². The fourth-order valence-electron chi connectivity index (χ4n) is 2.02. The molecule has 0 fully saturated rings. The molecule has 0 nitrogen and oxygen atoms in total. The first kappa shape index (κ1) is 35.1. The SMILES string of the molecule is C.C.C.C.C.CC.Cc1ccc(C)c(C)c1.c1ccc2ccccc2c1. The molecule has 0 bridgehead atoms. The van der Waals surface area contributed by atoms with Gasteiger partial charge in [0.15, 0.2) is 0 Å². The summed E-state index contributed by atoms with van der Waals surface area (Å²) < 4.78 is 0. The summed E-state index contributed by atoms with van der Waals surface area (Å²) in [7, 11) is 0. The van der Waals surface area contributed by atoms with Gasteiger partial charge in [-0.2, -0.15) is 0 Å². The second-order valence-corrected chi connectivity index (χ2v) is 4.93. The molecule has 26 heavy (non-hydrogen) atoms. The van der Waals surface area contributed by atoms with Gasteiger partial charge in [0.05, 0.1) is 0 Å². The summed E-state index contributed by atoms with van der Waals surface area (Å²) in [6.45, 7) is 10.4. The Labute approximate surface area is 166 Å². The molecule has 0 atom stereocenters. The first-order chi connectivity index (χ1) is 10.2. The van der Waals surface area contributed by atoms with Crippen LogP contribution in [0.25, 0.3) is 10.8 Å². The summed E-state index contributed by atoms with van der Waals surface area (Å²) in [6.07, 6.45) is 0. The van der Waals surface area contributed by atoms with Crippen LogP contribution in [0.1, 0.15) is 67.7 Å². The van der Waals surface area contributed by atoms with E-state index in [1.165, 1.54) is 27.5 Å². The van der Waals surface area contributed by atoms with Gasteiger partial charge in [0.25, 0.3) is 0 Å². The molecule has 0 unspecified atom stereocenters. The van der Waals surface area contributed by atoms with E-state index in [0.717, 1.165) is 0 Å². The van der Waals surface area contributed by atoms with Crippen molar-refractivity contribution in [3.05, 3.63) is 83.4 Å². The van der Waals surface area contributed by atoms with Gasteiger partial charge in [-0.25, -0.2) is 0 Å². The van der Waals surface area contributed by atoms with Gasteiger partial charge in [-0.3, -0.25) is 0 Å². The molecule has 3 aromatic rings. The minimum atomic E-state index is 0. The number of hydrogen-bond acceptors (Lipinski definition) is 0. The zero-order chi connectivity index (χ0) is 15.7. The maximum Gasteiger partial charge on any atom is -0.0184 e. The summed E-state index contributed by atoms with van der Waals surface area (Å²) >= 11 is 0. The molecule has 0 aliphatic carbocycles. The lowest BCUT2D eigenvalue weighted by Crippen LogP contribution is -1.79. The second kappa shape index (κ2) is 19.2. The highest BCUT2D eigenvalue weighted by atomic mass is 13.9. The van der Waals surface area contributed by atoms with Crippen LogP contribution in [0.15, 0.2) is 66.7 Å². The summed E-state index contributed by atoms with van der Waals surface area (Å²) in [5.74, 6) is 0. The monoisotopic (exact) mass is 358 g/mol. The Kier molecular flexibility index (Phi) is 26.0. The highest BCUT2D eigenvalue weighted by molar-refractivity contribution is 5.81. The van der Waals surface area contributed by atoms with E-state index in [0.29, 0.717) is 0 Å². The molecule has 3 aromatic carbocycles. The van der Waals surface area contributed by atoms with Gasteiger partial charge in [0.1, 0.15) is 0 Å². The first-order valence-electron chi connectivity index (χ1n) is 7.64. The Balaban J connectivity index is -0.0000000881. The summed E-state index contributed by atoms with van der Waals surface area (Å²) in [6, 6.07) is 23.2. The summed E-state index contributed by atoms with van der Waals surface area (Å²) in [4.78, 5) is 0. The van der Waals surface area contributed by atoms with Gasteiger partial charge < -0.3 is 0 Å². The molecule has 0 aromatic heterocycles. The molecular formula is C26H46. The number of fused-ring (bicyclic) bond motifs is 1. The quantitative estimate of drug-likeness (QED) is 0.375. The van der Waals surface area contributed by atoms with Crippen molar-refractivity contribution in [2.24, 2.45) is 0 Å². The first-order valence-corrected chi connectivity index (χ1v) is 7.64. The lowest BCUT2D eigenvalue weighted by Gasteiger charge is -1.98. The normalized spacial score (nSPS) is 7.42. The molecule has 0 aliphatic rings. The largest absolute Gasteiger partial charge is 0.0776 e. The van der Waals surface area contributed by atoms with E-state index in [4.69, 9.17) is 0 Å². The van der Waals surface area contributed by atoms with Crippen molar-refractivity contribution in [3.63, 3.8) is 0 Å². The number of hydrogen-bond donors (Lipinski definition) is 0. The molecule has 0 radical (unpaired) electrons. The van der Waals surface area contributed by atoms with Gasteiger partial charge in [0, 0.05) is 0 Å². The lowest BCUT2D eigenvalue weighted by atomic mass is 10.1. The Morgan fingerprint density at radius 3 is 1.08 bits per heavy atom. The standard InChI is InChI=1S/C10H8.C9H12.C2H6.5CH4/c1-2-6-10-8-4-3-7-9(10)5-1;1-7-4-5-8(2)9(3)6-7;1-2;;;;;/h1-8H;4-6H,1-3H3;1-2H3;5*1H4. The van der Waals surface area contributed by atoms with Crippen LogP contribution >= 0.6 is 0 Å². The third-order valence-corrected chi connectivity index (χ3v) is 3.32. The molecule has 0 heteroatoms. The van der Waals surface area contributed by atoms with E-state index in [9.17, 15) is 0 Å². The minimum Gasteiger partial charge on any atom is -0.0776 e. The van der Waals surface area contributed by atoms with E-state index in [-0.39, 0.29) is 37.1 Å². The molecule has 0 aliphatic heterocycles. The van der Waals surface area contributed by atoms with E-state index in [2.05, 4.69) is 87.5 Å². The number of rotatable bonds is 0.